The number of hydrogen-bond acceptors (Lipinski definition) is 0. The van der Waals surface area contributed by atoms with Crippen molar-refractivity contribution in [3.63, 3.8) is 0 Å². The molecule has 0 saturated carbocycles. The minimum absolute atomic E-state index is 0. The average molecular weight is 127 g/mol. The Kier molecular flexibility index (Phi) is 394. The van der Waals surface area contributed by atoms with Crippen molar-refractivity contribution in [2.45, 2.75) is 7.43 Å². The van der Waals surface area contributed by atoms with Crippen molar-refractivity contribution < 1.29 is 39.1 Å². The van der Waals surface area contributed by atoms with Crippen molar-refractivity contribution in [1.82, 2.24) is 0 Å². The van der Waals surface area contributed by atoms with E-state index in [0.717, 1.165) is 0 Å². The molecule has 0 fully saturated rings. The maximum atomic E-state index is 0. The van der Waals surface area contributed by atoms with E-state index in [2.05, 4.69) is 0 Å². The van der Waals surface area contributed by atoms with Gasteiger partial charge in [-0.15, -0.1) is 0 Å². The van der Waals surface area contributed by atoms with Gasteiger partial charge < -0.3 is 0 Å². The summed E-state index contributed by atoms with van der Waals surface area (Å²) in [5.74, 6) is 0. The summed E-state index contributed by atoms with van der Waals surface area (Å²) in [5, 5.41) is 0. The molecule has 21 valence electrons. The second-order valence-electron chi connectivity index (χ2n) is 0. The standard InChI is InChI=1S/CH4.B.Cr.Ti/h1H4;;;. The molecule has 0 heterocycles. The average Bonchev–Trinajstić information content (AvgIpc) is 0. The molecule has 3 heteroatoms. The largest absolute Gasteiger partial charge is 0.0776 e. The fourth-order valence-corrected chi connectivity index (χ4v) is 0. The van der Waals surface area contributed by atoms with Crippen LogP contribution in [0.1, 0.15) is 7.43 Å². The molecule has 0 aromatic rings. The van der Waals surface area contributed by atoms with Gasteiger partial charge in [0, 0.05) is 47.5 Å². The first-order valence-corrected chi connectivity index (χ1v) is 0. The van der Waals surface area contributed by atoms with E-state index in [-0.39, 0.29) is 54.9 Å². The SMILES string of the molecule is C.[B].[Cr].[Ti]. The molecule has 0 aromatic heterocycles. The Balaban J connectivity index is 0. The zero-order valence-corrected chi connectivity index (χ0v) is 4.32. The second kappa shape index (κ2) is 27.5. The van der Waals surface area contributed by atoms with Gasteiger partial charge in [-0.25, -0.2) is 0 Å². The Hall–Kier alpha value is 1.31. The number of hydrogen-bond donors (Lipinski definition) is 0. The van der Waals surface area contributed by atoms with Crippen LogP contribution < -0.4 is 0 Å². The van der Waals surface area contributed by atoms with Crippen molar-refractivity contribution in [3.05, 3.63) is 0 Å². The molecule has 0 aliphatic rings. The predicted molar refractivity (Wildman–Crippen MR) is 12.5 cm³/mol. The zero-order valence-electron chi connectivity index (χ0n) is 1.49. The van der Waals surface area contributed by atoms with Gasteiger partial charge in [-0.05, 0) is 0 Å². The van der Waals surface area contributed by atoms with Crippen LogP contribution in [0.15, 0.2) is 0 Å². The maximum absolute atomic E-state index is 0. The van der Waals surface area contributed by atoms with E-state index in [4.69, 9.17) is 0 Å². The Labute approximate surface area is 54.9 Å². The van der Waals surface area contributed by atoms with E-state index in [1.807, 2.05) is 0 Å². The summed E-state index contributed by atoms with van der Waals surface area (Å²) >= 11 is 0. The fourth-order valence-electron chi connectivity index (χ4n) is 0. The summed E-state index contributed by atoms with van der Waals surface area (Å²) in [5.41, 5.74) is 0. The van der Waals surface area contributed by atoms with Gasteiger partial charge in [0.1, 0.15) is 0 Å². The van der Waals surface area contributed by atoms with Gasteiger partial charge in [-0.1, -0.05) is 7.43 Å². The fraction of sp³-hybridized carbons (Fsp3) is 1.00. The van der Waals surface area contributed by atoms with E-state index in [9.17, 15) is 0 Å². The molecule has 0 unspecified atom stereocenters. The van der Waals surface area contributed by atoms with E-state index >= 15 is 0 Å². The minimum Gasteiger partial charge on any atom is -0.0776 e. The molecule has 3 radical (unpaired) electrons. The summed E-state index contributed by atoms with van der Waals surface area (Å²) in [7, 11) is 0. The van der Waals surface area contributed by atoms with Gasteiger partial charge in [-0.2, -0.15) is 0 Å². The van der Waals surface area contributed by atoms with Gasteiger partial charge in [0.05, 0.1) is 0 Å². The van der Waals surface area contributed by atoms with Crippen LogP contribution in [0, 0.1) is 0 Å². The summed E-state index contributed by atoms with van der Waals surface area (Å²) < 4.78 is 0. The monoisotopic (exact) mass is 127 g/mol. The van der Waals surface area contributed by atoms with Crippen LogP contribution in [-0.2, 0) is 39.1 Å². The topological polar surface area (TPSA) is 0 Å². The molecule has 4 heavy (non-hydrogen) atoms. The Morgan fingerprint density at radius 3 is 1.00 bits per heavy atom. The molecule has 0 nitrogen and oxygen atoms in total. The molecule has 0 atom stereocenters. The van der Waals surface area contributed by atoms with Crippen molar-refractivity contribution in [3.8, 4) is 0 Å². The zero-order chi connectivity index (χ0) is 0. The Bertz CT molecular complexity index is 8.00. The molecule has 0 spiro atoms. The first-order chi connectivity index (χ1) is 0. The first-order valence-electron chi connectivity index (χ1n) is 0. The van der Waals surface area contributed by atoms with Gasteiger partial charge in [0.15, 0.2) is 0 Å². The molecule has 0 saturated heterocycles. The summed E-state index contributed by atoms with van der Waals surface area (Å²) in [6.45, 7) is 0. The first kappa shape index (κ1) is 57.4. The number of rotatable bonds is 0. The van der Waals surface area contributed by atoms with Crippen LogP contribution in [0.2, 0.25) is 0 Å². The normalized spacial score (nSPS) is 0. The van der Waals surface area contributed by atoms with E-state index < -0.39 is 0 Å². The van der Waals surface area contributed by atoms with Crippen LogP contribution in [0.4, 0.5) is 0 Å². The summed E-state index contributed by atoms with van der Waals surface area (Å²) in [6, 6.07) is 0. The summed E-state index contributed by atoms with van der Waals surface area (Å²) in [6.07, 6.45) is 0. The Morgan fingerprint density at radius 1 is 1.00 bits per heavy atom. The maximum Gasteiger partial charge on any atom is 0 e. The van der Waals surface area contributed by atoms with Crippen LogP contribution >= 0.6 is 0 Å². The van der Waals surface area contributed by atoms with E-state index in [1.54, 1.807) is 0 Å². The van der Waals surface area contributed by atoms with E-state index in [0.29, 0.717) is 0 Å². The van der Waals surface area contributed by atoms with Gasteiger partial charge in [-0.3, -0.25) is 0 Å². The van der Waals surface area contributed by atoms with E-state index in [1.165, 1.54) is 0 Å². The third kappa shape index (κ3) is 10.3. The van der Waals surface area contributed by atoms with Crippen molar-refractivity contribution in [2.24, 2.45) is 0 Å². The van der Waals surface area contributed by atoms with Gasteiger partial charge in [0.25, 0.3) is 0 Å². The van der Waals surface area contributed by atoms with Crippen LogP contribution in [0.3, 0.4) is 0 Å². The van der Waals surface area contributed by atoms with Crippen molar-refractivity contribution in [2.75, 3.05) is 0 Å². The molecular weight excluding hydrogens is 123 g/mol. The van der Waals surface area contributed by atoms with Crippen LogP contribution in [-0.4, -0.2) is 8.41 Å². The van der Waals surface area contributed by atoms with Crippen LogP contribution in [0.25, 0.3) is 0 Å². The quantitative estimate of drug-likeness (QED) is 0.409. The Morgan fingerprint density at radius 2 is 1.00 bits per heavy atom. The third-order valence-electron chi connectivity index (χ3n) is 0. The third-order valence-corrected chi connectivity index (χ3v) is 0. The molecule has 0 aromatic carbocycles. The molecule has 0 N–H and O–H groups in total. The van der Waals surface area contributed by atoms with Crippen molar-refractivity contribution in [1.29, 1.82) is 0 Å². The summed E-state index contributed by atoms with van der Waals surface area (Å²) in [4.78, 5) is 0. The molecule has 0 rings (SSSR count). The second-order valence-corrected chi connectivity index (χ2v) is 0. The smallest absolute Gasteiger partial charge is 0 e. The molecule has 0 bridgehead atoms. The predicted octanol–water partition coefficient (Wildman–Crippen LogP) is 0.250. The van der Waals surface area contributed by atoms with Gasteiger partial charge in [0.2, 0.25) is 0 Å². The van der Waals surface area contributed by atoms with Gasteiger partial charge >= 0.3 is 0 Å². The minimum atomic E-state index is 0. The molecule has 0 aliphatic carbocycles. The van der Waals surface area contributed by atoms with Crippen molar-refractivity contribution >= 4 is 8.41 Å². The van der Waals surface area contributed by atoms with Crippen LogP contribution in [0.5, 0.6) is 0 Å². The molecule has 0 amide bonds. The molecular formula is CH4BCrTi. The molecule has 0 aliphatic heterocycles.